The number of aryl methyl sites for hydroxylation is 1. The molecular formula is C24H30BrN7O3S. The van der Waals surface area contributed by atoms with Crippen LogP contribution in [0.25, 0.3) is 11.2 Å². The van der Waals surface area contributed by atoms with Crippen molar-refractivity contribution in [3.8, 4) is 11.5 Å². The number of imidazole rings is 1. The van der Waals surface area contributed by atoms with Gasteiger partial charge in [-0.15, -0.1) is 0 Å². The van der Waals surface area contributed by atoms with Gasteiger partial charge in [0.25, 0.3) is 0 Å². The Morgan fingerprint density at radius 3 is 2.83 bits per heavy atom. The molecule has 0 spiro atoms. The predicted molar refractivity (Wildman–Crippen MR) is 141 cm³/mol. The molecule has 12 heteroatoms. The van der Waals surface area contributed by atoms with Crippen LogP contribution in [0.2, 0.25) is 0 Å². The molecule has 5 rings (SSSR count). The lowest BCUT2D eigenvalue weighted by molar-refractivity contribution is -0.135. The number of likely N-dealkylation sites (tertiary alicyclic amines) is 1. The van der Waals surface area contributed by atoms with E-state index >= 15 is 0 Å². The number of piperidine rings is 1. The second-order valence-electron chi connectivity index (χ2n) is 9.57. The third-order valence-electron chi connectivity index (χ3n) is 6.75. The van der Waals surface area contributed by atoms with Crippen molar-refractivity contribution in [2.45, 2.75) is 55.7 Å². The fourth-order valence-corrected chi connectivity index (χ4v) is 6.11. The number of hydrogen-bond acceptors (Lipinski definition) is 9. The molecular weight excluding hydrogens is 546 g/mol. The predicted octanol–water partition coefficient (Wildman–Crippen LogP) is 3.66. The highest BCUT2D eigenvalue weighted by Crippen LogP contribution is 2.43. The second kappa shape index (κ2) is 10.4. The highest BCUT2D eigenvalue weighted by molar-refractivity contribution is 9.10. The molecule has 1 aromatic carbocycles. The number of amides is 1. The van der Waals surface area contributed by atoms with E-state index in [4.69, 9.17) is 25.9 Å². The Bertz CT molecular complexity index is 1280. The van der Waals surface area contributed by atoms with Crippen molar-refractivity contribution in [1.29, 1.82) is 0 Å². The molecule has 1 fully saturated rings. The number of fused-ring (bicyclic) bond motifs is 2. The van der Waals surface area contributed by atoms with Crippen LogP contribution in [-0.2, 0) is 11.3 Å². The summed E-state index contributed by atoms with van der Waals surface area (Å²) < 4.78 is 14.0. The van der Waals surface area contributed by atoms with E-state index in [0.717, 1.165) is 46.9 Å². The lowest BCUT2D eigenvalue weighted by Crippen LogP contribution is -2.50. The normalized spacial score (nSPS) is 18.2. The molecule has 3 aromatic rings. The number of aromatic nitrogens is 4. The zero-order valence-corrected chi connectivity index (χ0v) is 22.7. The average Bonchev–Trinajstić information content (AvgIpc) is 3.46. The number of nitrogen functional groups attached to an aromatic ring is 1. The van der Waals surface area contributed by atoms with Crippen molar-refractivity contribution in [3.63, 3.8) is 0 Å². The van der Waals surface area contributed by atoms with Crippen LogP contribution in [0.15, 0.2) is 33.0 Å². The van der Waals surface area contributed by atoms with Crippen molar-refractivity contribution in [3.05, 3.63) is 22.9 Å². The molecule has 2 atom stereocenters. The maximum absolute atomic E-state index is 12.8. The fourth-order valence-electron chi connectivity index (χ4n) is 4.60. The van der Waals surface area contributed by atoms with E-state index in [0.29, 0.717) is 40.9 Å². The first kappa shape index (κ1) is 25.1. The van der Waals surface area contributed by atoms with Gasteiger partial charge in [-0.05, 0) is 59.2 Å². The number of benzene rings is 1. The Balaban J connectivity index is 1.37. The summed E-state index contributed by atoms with van der Waals surface area (Å²) in [5.41, 5.74) is 13.6. The van der Waals surface area contributed by atoms with E-state index in [-0.39, 0.29) is 18.6 Å². The standard InChI is InChI=1S/C24H30BrN7O3S/c1-13(2)19(26)23(33)31-6-3-4-14(10-31)5-7-32-22-20(21(27)28-11-29-22)30-24(32)36-18-9-17-16(8-15(18)25)34-12-35-17/h8-9,11,13-14,19H,3-7,10,12,26H2,1-2H3,(H2,27,28,29)/t14?,19-/m0/s1. The van der Waals surface area contributed by atoms with Gasteiger partial charge in [0, 0.05) is 29.0 Å². The monoisotopic (exact) mass is 575 g/mol. The van der Waals surface area contributed by atoms with Gasteiger partial charge in [0.15, 0.2) is 33.6 Å². The number of rotatable bonds is 7. The molecule has 1 saturated heterocycles. The van der Waals surface area contributed by atoms with Gasteiger partial charge >= 0.3 is 0 Å². The minimum atomic E-state index is -0.454. The van der Waals surface area contributed by atoms with E-state index in [9.17, 15) is 4.79 Å². The summed E-state index contributed by atoms with van der Waals surface area (Å²) in [6.07, 6.45) is 4.40. The van der Waals surface area contributed by atoms with Crippen LogP contribution in [0.4, 0.5) is 5.82 Å². The zero-order chi connectivity index (χ0) is 25.4. The van der Waals surface area contributed by atoms with Crippen LogP contribution in [0.5, 0.6) is 11.5 Å². The summed E-state index contributed by atoms with van der Waals surface area (Å²) in [6, 6.07) is 3.39. The summed E-state index contributed by atoms with van der Waals surface area (Å²) in [5.74, 6) is 2.30. The number of carbonyl (C=O) groups excluding carboxylic acids is 1. The van der Waals surface area contributed by atoms with Crippen LogP contribution in [-0.4, -0.2) is 56.3 Å². The molecule has 2 aliphatic rings. The Kier molecular flexibility index (Phi) is 7.27. The van der Waals surface area contributed by atoms with E-state index < -0.39 is 6.04 Å². The Morgan fingerprint density at radius 2 is 2.06 bits per heavy atom. The summed E-state index contributed by atoms with van der Waals surface area (Å²) in [6.45, 7) is 6.37. The van der Waals surface area contributed by atoms with Crippen LogP contribution < -0.4 is 20.9 Å². The van der Waals surface area contributed by atoms with Gasteiger partial charge in [0.05, 0.1) is 6.04 Å². The molecule has 36 heavy (non-hydrogen) atoms. The van der Waals surface area contributed by atoms with Gasteiger partial charge in [0.1, 0.15) is 6.33 Å². The van der Waals surface area contributed by atoms with Crippen molar-refractivity contribution >= 4 is 50.6 Å². The van der Waals surface area contributed by atoms with Crippen LogP contribution in [0.3, 0.4) is 0 Å². The number of nitrogens with zero attached hydrogens (tertiary/aromatic N) is 5. The summed E-state index contributed by atoms with van der Waals surface area (Å²) in [5, 5.41) is 0.766. The van der Waals surface area contributed by atoms with Crippen molar-refractivity contribution in [1.82, 2.24) is 24.4 Å². The lowest BCUT2D eigenvalue weighted by Gasteiger charge is -2.35. The number of anilines is 1. The zero-order valence-electron chi connectivity index (χ0n) is 20.3. The number of nitrogens with two attached hydrogens (primary N) is 2. The smallest absolute Gasteiger partial charge is 0.239 e. The minimum Gasteiger partial charge on any atom is -0.454 e. The van der Waals surface area contributed by atoms with Crippen LogP contribution in [0.1, 0.15) is 33.1 Å². The summed E-state index contributed by atoms with van der Waals surface area (Å²) in [4.78, 5) is 29.1. The van der Waals surface area contributed by atoms with Gasteiger partial charge in [0.2, 0.25) is 12.7 Å². The second-order valence-corrected chi connectivity index (χ2v) is 11.4. The van der Waals surface area contributed by atoms with Crippen molar-refractivity contribution in [2.75, 3.05) is 25.6 Å². The van der Waals surface area contributed by atoms with E-state index in [1.807, 2.05) is 30.9 Å². The maximum Gasteiger partial charge on any atom is 0.239 e. The first-order valence-electron chi connectivity index (χ1n) is 12.1. The molecule has 0 bridgehead atoms. The number of halogens is 1. The molecule has 2 aliphatic heterocycles. The van der Waals surface area contributed by atoms with E-state index in [1.54, 1.807) is 0 Å². The topological polar surface area (TPSA) is 134 Å². The molecule has 1 amide bonds. The summed E-state index contributed by atoms with van der Waals surface area (Å²) >= 11 is 5.15. The third-order valence-corrected chi connectivity index (χ3v) is 8.72. The Labute approximate surface area is 222 Å². The molecule has 2 aromatic heterocycles. The van der Waals surface area contributed by atoms with Crippen LogP contribution >= 0.6 is 27.7 Å². The van der Waals surface area contributed by atoms with E-state index in [2.05, 4.69) is 30.5 Å². The number of ether oxygens (including phenoxy) is 2. The van der Waals surface area contributed by atoms with Gasteiger partial charge in [-0.1, -0.05) is 25.6 Å². The minimum absolute atomic E-state index is 0.0483. The lowest BCUT2D eigenvalue weighted by atomic mass is 9.93. The highest BCUT2D eigenvalue weighted by Gasteiger charge is 2.29. The quantitative estimate of drug-likeness (QED) is 0.432. The summed E-state index contributed by atoms with van der Waals surface area (Å²) in [7, 11) is 0. The highest BCUT2D eigenvalue weighted by atomic mass is 79.9. The largest absolute Gasteiger partial charge is 0.454 e. The average molecular weight is 577 g/mol. The fraction of sp³-hybridized carbons (Fsp3) is 0.500. The molecule has 1 unspecified atom stereocenters. The first-order valence-corrected chi connectivity index (χ1v) is 13.7. The van der Waals surface area contributed by atoms with E-state index in [1.165, 1.54) is 18.1 Å². The maximum atomic E-state index is 12.8. The molecule has 0 radical (unpaired) electrons. The van der Waals surface area contributed by atoms with Gasteiger partial charge in [-0.2, -0.15) is 0 Å². The molecule has 0 aliphatic carbocycles. The van der Waals surface area contributed by atoms with Crippen LogP contribution in [0, 0.1) is 11.8 Å². The molecule has 192 valence electrons. The number of hydrogen-bond donors (Lipinski definition) is 2. The molecule has 4 heterocycles. The molecule has 10 nitrogen and oxygen atoms in total. The van der Waals surface area contributed by atoms with Crippen molar-refractivity contribution in [2.24, 2.45) is 17.6 Å². The Morgan fingerprint density at radius 1 is 1.28 bits per heavy atom. The van der Waals surface area contributed by atoms with Gasteiger partial charge in [-0.25, -0.2) is 15.0 Å². The van der Waals surface area contributed by atoms with Gasteiger partial charge < -0.3 is 30.4 Å². The van der Waals surface area contributed by atoms with Gasteiger partial charge in [-0.3, -0.25) is 4.79 Å². The molecule has 4 N–H and O–H groups in total. The van der Waals surface area contributed by atoms with Crippen molar-refractivity contribution < 1.29 is 14.3 Å². The Hall–Kier alpha value is -2.57. The molecule has 0 saturated carbocycles. The number of carbonyl (C=O) groups is 1. The first-order chi connectivity index (χ1) is 17.3. The third kappa shape index (κ3) is 4.98. The SMILES string of the molecule is CC(C)[C@H](N)C(=O)N1CCCC(CCn2c(Sc3cc4c(cc3Br)OCO4)nc3c(N)ncnc32)C1.